The van der Waals surface area contributed by atoms with Crippen molar-refractivity contribution in [2.45, 2.75) is 50.5 Å². The van der Waals surface area contributed by atoms with Crippen LogP contribution in [0.1, 0.15) is 44.9 Å². The van der Waals surface area contributed by atoms with Crippen LogP contribution >= 0.6 is 0 Å². The molecular formula is C13H23NO. The van der Waals surface area contributed by atoms with E-state index in [0.29, 0.717) is 12.2 Å². The Bertz CT molecular complexity index is 227. The molecule has 2 nitrogen and oxygen atoms in total. The molecule has 1 fully saturated rings. The van der Waals surface area contributed by atoms with Crippen LogP contribution in [0, 0.1) is 0 Å². The average molecular weight is 209 g/mol. The Labute approximate surface area is 93.3 Å². The van der Waals surface area contributed by atoms with Crippen LogP contribution in [-0.2, 0) is 4.79 Å². The number of ketones is 1. The van der Waals surface area contributed by atoms with E-state index in [1.165, 1.54) is 12.8 Å². The minimum atomic E-state index is -0.138. The van der Waals surface area contributed by atoms with Gasteiger partial charge in [0.25, 0.3) is 0 Å². The first-order valence-electron chi connectivity index (χ1n) is 5.95. The van der Waals surface area contributed by atoms with E-state index in [1.54, 1.807) is 0 Å². The van der Waals surface area contributed by atoms with Crippen molar-refractivity contribution in [3.63, 3.8) is 0 Å². The van der Waals surface area contributed by atoms with Crippen LogP contribution in [0.15, 0.2) is 12.7 Å². The lowest BCUT2D eigenvalue weighted by molar-refractivity contribution is -0.129. The number of carbonyl (C=O) groups is 1. The zero-order valence-corrected chi connectivity index (χ0v) is 10.1. The third-order valence-electron chi connectivity index (χ3n) is 3.62. The highest BCUT2D eigenvalue weighted by Gasteiger charge is 2.41. The van der Waals surface area contributed by atoms with Crippen LogP contribution in [0.5, 0.6) is 0 Å². The summed E-state index contributed by atoms with van der Waals surface area (Å²) >= 11 is 0. The molecular weight excluding hydrogens is 186 g/mol. The molecule has 1 aliphatic rings. The zero-order valence-electron chi connectivity index (χ0n) is 10.1. The first-order valence-corrected chi connectivity index (χ1v) is 5.95. The standard InChI is InChI=1S/C13H23NO/c1-4-5-6-9-12(15)13(14(2)3)10-7-8-11-13/h4H,1,5-11H2,2-3H3. The molecule has 0 heterocycles. The van der Waals surface area contributed by atoms with Crippen molar-refractivity contribution in [1.29, 1.82) is 0 Å². The van der Waals surface area contributed by atoms with Crippen LogP contribution in [0.2, 0.25) is 0 Å². The van der Waals surface area contributed by atoms with Gasteiger partial charge in [0.1, 0.15) is 0 Å². The van der Waals surface area contributed by atoms with Gasteiger partial charge in [-0.25, -0.2) is 0 Å². The molecule has 2 heteroatoms. The maximum Gasteiger partial charge on any atom is 0.153 e. The van der Waals surface area contributed by atoms with Crippen LogP contribution < -0.4 is 0 Å². The van der Waals surface area contributed by atoms with Gasteiger partial charge < -0.3 is 0 Å². The molecule has 0 N–H and O–H groups in total. The number of likely N-dealkylation sites (N-methyl/N-ethyl adjacent to an activating group) is 1. The average Bonchev–Trinajstić information content (AvgIpc) is 2.67. The highest BCUT2D eigenvalue weighted by atomic mass is 16.1. The smallest absolute Gasteiger partial charge is 0.153 e. The quantitative estimate of drug-likeness (QED) is 0.495. The molecule has 86 valence electrons. The minimum Gasteiger partial charge on any atom is -0.298 e. The lowest BCUT2D eigenvalue weighted by Gasteiger charge is -2.34. The third kappa shape index (κ3) is 2.69. The Kier molecular flexibility index (Phi) is 4.52. The van der Waals surface area contributed by atoms with Gasteiger partial charge >= 0.3 is 0 Å². The number of hydrogen-bond donors (Lipinski definition) is 0. The normalized spacial score (nSPS) is 19.4. The summed E-state index contributed by atoms with van der Waals surface area (Å²) in [5, 5.41) is 0. The van der Waals surface area contributed by atoms with Crippen molar-refractivity contribution in [3.8, 4) is 0 Å². The van der Waals surface area contributed by atoms with Crippen molar-refractivity contribution in [2.75, 3.05) is 14.1 Å². The summed E-state index contributed by atoms with van der Waals surface area (Å²) in [5.74, 6) is 0.437. The Morgan fingerprint density at radius 3 is 2.47 bits per heavy atom. The van der Waals surface area contributed by atoms with Crippen LogP contribution in [0.4, 0.5) is 0 Å². The third-order valence-corrected chi connectivity index (χ3v) is 3.62. The van der Waals surface area contributed by atoms with E-state index in [9.17, 15) is 4.79 Å². The first-order chi connectivity index (χ1) is 7.13. The fourth-order valence-corrected chi connectivity index (χ4v) is 2.57. The molecule has 0 aromatic rings. The number of hydrogen-bond acceptors (Lipinski definition) is 2. The molecule has 0 bridgehead atoms. The van der Waals surface area contributed by atoms with Crippen molar-refractivity contribution in [3.05, 3.63) is 12.7 Å². The number of nitrogens with zero attached hydrogens (tertiary/aromatic N) is 1. The maximum absolute atomic E-state index is 12.2. The van der Waals surface area contributed by atoms with E-state index < -0.39 is 0 Å². The summed E-state index contributed by atoms with van der Waals surface area (Å²) in [6.45, 7) is 3.69. The highest BCUT2D eigenvalue weighted by Crippen LogP contribution is 2.35. The Morgan fingerprint density at radius 1 is 1.40 bits per heavy atom. The lowest BCUT2D eigenvalue weighted by Crippen LogP contribution is -2.48. The van der Waals surface area contributed by atoms with Gasteiger partial charge in [0.2, 0.25) is 0 Å². The molecule has 0 aromatic carbocycles. The van der Waals surface area contributed by atoms with E-state index in [-0.39, 0.29) is 5.54 Å². The van der Waals surface area contributed by atoms with Gasteiger partial charge in [0, 0.05) is 6.42 Å². The fourth-order valence-electron chi connectivity index (χ4n) is 2.57. The summed E-state index contributed by atoms with van der Waals surface area (Å²) in [6, 6.07) is 0. The molecule has 0 saturated heterocycles. The Morgan fingerprint density at radius 2 is 2.00 bits per heavy atom. The second-order valence-electron chi connectivity index (χ2n) is 4.74. The van der Waals surface area contributed by atoms with E-state index in [1.807, 2.05) is 20.2 Å². The molecule has 1 saturated carbocycles. The summed E-state index contributed by atoms with van der Waals surface area (Å²) in [5.41, 5.74) is -0.138. The van der Waals surface area contributed by atoms with E-state index in [4.69, 9.17) is 0 Å². The number of carbonyl (C=O) groups excluding carboxylic acids is 1. The number of allylic oxidation sites excluding steroid dienone is 1. The second-order valence-corrected chi connectivity index (χ2v) is 4.74. The molecule has 15 heavy (non-hydrogen) atoms. The van der Waals surface area contributed by atoms with Crippen molar-refractivity contribution >= 4 is 5.78 Å². The van der Waals surface area contributed by atoms with Crippen molar-refractivity contribution < 1.29 is 4.79 Å². The van der Waals surface area contributed by atoms with Crippen molar-refractivity contribution in [2.24, 2.45) is 0 Å². The maximum atomic E-state index is 12.2. The second kappa shape index (κ2) is 5.45. The largest absolute Gasteiger partial charge is 0.298 e. The monoisotopic (exact) mass is 209 g/mol. The molecule has 0 amide bonds. The Balaban J connectivity index is 2.56. The first kappa shape index (κ1) is 12.4. The van der Waals surface area contributed by atoms with Gasteiger partial charge in [-0.1, -0.05) is 18.9 Å². The predicted octanol–water partition coefficient (Wildman–Crippen LogP) is 2.79. The molecule has 0 atom stereocenters. The van der Waals surface area contributed by atoms with Gasteiger partial charge in [-0.3, -0.25) is 9.69 Å². The summed E-state index contributed by atoms with van der Waals surface area (Å²) in [4.78, 5) is 14.3. The topological polar surface area (TPSA) is 20.3 Å². The van der Waals surface area contributed by atoms with E-state index >= 15 is 0 Å². The number of rotatable bonds is 6. The minimum absolute atomic E-state index is 0.138. The highest BCUT2D eigenvalue weighted by molar-refractivity contribution is 5.88. The predicted molar refractivity (Wildman–Crippen MR) is 63.9 cm³/mol. The number of Topliss-reactive ketones (excluding diaryl/α,β-unsaturated/α-hetero) is 1. The molecule has 0 aromatic heterocycles. The van der Waals surface area contributed by atoms with Crippen molar-refractivity contribution in [1.82, 2.24) is 4.90 Å². The SMILES string of the molecule is C=CCCCC(=O)C1(N(C)C)CCCC1. The number of unbranched alkanes of at least 4 members (excludes halogenated alkanes) is 1. The summed E-state index contributed by atoms with van der Waals surface area (Å²) in [6.07, 6.45) is 9.01. The van der Waals surface area contributed by atoms with Gasteiger partial charge in [-0.2, -0.15) is 0 Å². The molecule has 0 aliphatic heterocycles. The summed E-state index contributed by atoms with van der Waals surface area (Å²) < 4.78 is 0. The molecule has 1 aliphatic carbocycles. The zero-order chi connectivity index (χ0) is 11.3. The van der Waals surface area contributed by atoms with Gasteiger partial charge in [0.05, 0.1) is 5.54 Å². The molecule has 1 rings (SSSR count). The van der Waals surface area contributed by atoms with Crippen LogP contribution in [-0.4, -0.2) is 30.3 Å². The van der Waals surface area contributed by atoms with Gasteiger partial charge in [0.15, 0.2) is 5.78 Å². The Hall–Kier alpha value is -0.630. The summed E-state index contributed by atoms with van der Waals surface area (Å²) in [7, 11) is 4.08. The lowest BCUT2D eigenvalue weighted by atomic mass is 9.87. The van der Waals surface area contributed by atoms with Gasteiger partial charge in [-0.15, -0.1) is 6.58 Å². The van der Waals surface area contributed by atoms with Crippen LogP contribution in [0.25, 0.3) is 0 Å². The fraction of sp³-hybridized carbons (Fsp3) is 0.769. The van der Waals surface area contributed by atoms with E-state index in [0.717, 1.165) is 25.7 Å². The molecule has 0 spiro atoms. The molecule has 0 radical (unpaired) electrons. The van der Waals surface area contributed by atoms with Crippen LogP contribution in [0.3, 0.4) is 0 Å². The molecule has 0 unspecified atom stereocenters. The van der Waals surface area contributed by atoms with Gasteiger partial charge in [-0.05, 0) is 39.8 Å². The van der Waals surface area contributed by atoms with E-state index in [2.05, 4.69) is 11.5 Å².